The predicted octanol–water partition coefficient (Wildman–Crippen LogP) is 1.66. The molecule has 2 N–H and O–H groups in total. The van der Waals surface area contributed by atoms with Crippen molar-refractivity contribution >= 4 is 11.9 Å². The summed E-state index contributed by atoms with van der Waals surface area (Å²) in [5.74, 6) is 1.70. The quantitative estimate of drug-likeness (QED) is 0.432. The smallest absolute Gasteiger partial charge is 0.225 e. The van der Waals surface area contributed by atoms with E-state index in [4.69, 9.17) is 0 Å². The second-order valence-corrected chi connectivity index (χ2v) is 7.01. The highest BCUT2D eigenvalue weighted by atomic mass is 15.3. The van der Waals surface area contributed by atoms with Crippen molar-refractivity contribution in [1.29, 1.82) is 0 Å². The molecule has 2 aromatic rings. The van der Waals surface area contributed by atoms with Crippen molar-refractivity contribution in [3.05, 3.63) is 53.9 Å². The number of hydrogen-bond donors (Lipinski definition) is 2. The molecule has 0 atom stereocenters. The van der Waals surface area contributed by atoms with Crippen molar-refractivity contribution in [1.82, 2.24) is 25.5 Å². The Kier molecular flexibility index (Phi) is 7.61. The number of aryl methyl sites for hydroxylation is 1. The third-order valence-corrected chi connectivity index (χ3v) is 5.08. The van der Waals surface area contributed by atoms with E-state index < -0.39 is 0 Å². The van der Waals surface area contributed by atoms with Crippen LogP contribution in [0.25, 0.3) is 0 Å². The van der Waals surface area contributed by atoms with Gasteiger partial charge in [-0.05, 0) is 37.1 Å². The summed E-state index contributed by atoms with van der Waals surface area (Å²) in [6, 6.07) is 10.3. The van der Waals surface area contributed by atoms with Crippen LogP contribution in [0.5, 0.6) is 0 Å². The van der Waals surface area contributed by atoms with Gasteiger partial charge in [0.25, 0.3) is 0 Å². The van der Waals surface area contributed by atoms with Gasteiger partial charge >= 0.3 is 0 Å². The minimum Gasteiger partial charge on any atom is -0.356 e. The van der Waals surface area contributed by atoms with E-state index in [1.54, 1.807) is 12.4 Å². The lowest BCUT2D eigenvalue weighted by molar-refractivity contribution is 0.254. The van der Waals surface area contributed by atoms with Crippen LogP contribution in [-0.4, -0.2) is 67.1 Å². The number of rotatable bonds is 7. The summed E-state index contributed by atoms with van der Waals surface area (Å²) >= 11 is 0. The van der Waals surface area contributed by atoms with E-state index in [2.05, 4.69) is 66.6 Å². The Morgan fingerprint density at radius 3 is 2.50 bits per heavy atom. The number of anilines is 1. The second-order valence-electron chi connectivity index (χ2n) is 7.01. The lowest BCUT2D eigenvalue weighted by atomic mass is 10.1. The summed E-state index contributed by atoms with van der Waals surface area (Å²) in [5, 5.41) is 6.81. The molecule has 1 saturated heterocycles. The third-order valence-electron chi connectivity index (χ3n) is 5.08. The molecule has 1 aromatic carbocycles. The number of piperazine rings is 1. The molecular formula is C21H31N7. The van der Waals surface area contributed by atoms with Gasteiger partial charge in [0.2, 0.25) is 5.95 Å². The Morgan fingerprint density at radius 2 is 1.79 bits per heavy atom. The van der Waals surface area contributed by atoms with Crippen LogP contribution in [-0.2, 0) is 6.54 Å². The number of hydrogen-bond acceptors (Lipinski definition) is 5. The first-order valence-corrected chi connectivity index (χ1v) is 9.99. The van der Waals surface area contributed by atoms with Crippen LogP contribution in [0.4, 0.5) is 5.95 Å². The first-order chi connectivity index (χ1) is 13.8. The Bertz CT molecular complexity index is 739. The molecule has 0 saturated carbocycles. The molecule has 2 heterocycles. The number of guanidine groups is 1. The molecular weight excluding hydrogens is 350 g/mol. The van der Waals surface area contributed by atoms with Crippen LogP contribution in [0.15, 0.2) is 47.7 Å². The fourth-order valence-electron chi connectivity index (χ4n) is 3.34. The molecule has 28 heavy (non-hydrogen) atoms. The lowest BCUT2D eigenvalue weighted by Gasteiger charge is -2.34. The highest BCUT2D eigenvalue weighted by Crippen LogP contribution is 2.09. The molecule has 7 heteroatoms. The van der Waals surface area contributed by atoms with Gasteiger partial charge in [0.1, 0.15) is 0 Å². The topological polar surface area (TPSA) is 68.7 Å². The zero-order valence-electron chi connectivity index (χ0n) is 16.9. The van der Waals surface area contributed by atoms with Crippen LogP contribution < -0.4 is 15.5 Å². The molecule has 0 spiro atoms. The van der Waals surface area contributed by atoms with E-state index in [0.29, 0.717) is 0 Å². The van der Waals surface area contributed by atoms with E-state index >= 15 is 0 Å². The summed E-state index contributed by atoms with van der Waals surface area (Å²) in [6.07, 6.45) is 4.70. The molecule has 150 valence electrons. The average Bonchev–Trinajstić information content (AvgIpc) is 2.75. The second kappa shape index (κ2) is 10.6. The largest absolute Gasteiger partial charge is 0.356 e. The van der Waals surface area contributed by atoms with Crippen molar-refractivity contribution in [3.8, 4) is 0 Å². The van der Waals surface area contributed by atoms with Gasteiger partial charge in [-0.2, -0.15) is 0 Å². The standard InChI is InChI=1S/C21H31N7/c1-18-7-3-4-8-19(18)17-26-20(22-2)23-11-6-12-27-13-15-28(16-14-27)21-24-9-5-10-25-21/h3-5,7-10H,6,11-17H2,1-2H3,(H2,22,23,26). The maximum atomic E-state index is 4.34. The van der Waals surface area contributed by atoms with Gasteiger partial charge in [0, 0.05) is 58.7 Å². The molecule has 3 rings (SSSR count). The van der Waals surface area contributed by atoms with Crippen molar-refractivity contribution < 1.29 is 0 Å². The van der Waals surface area contributed by atoms with Gasteiger partial charge in [-0.3, -0.25) is 9.89 Å². The molecule has 0 amide bonds. The Hall–Kier alpha value is -2.67. The molecule has 0 radical (unpaired) electrons. The monoisotopic (exact) mass is 381 g/mol. The van der Waals surface area contributed by atoms with Crippen LogP contribution >= 0.6 is 0 Å². The minimum atomic E-state index is 0.788. The van der Waals surface area contributed by atoms with Gasteiger partial charge in [0.15, 0.2) is 5.96 Å². The van der Waals surface area contributed by atoms with Crippen LogP contribution in [0.2, 0.25) is 0 Å². The maximum absolute atomic E-state index is 4.34. The van der Waals surface area contributed by atoms with Crippen molar-refractivity contribution in [3.63, 3.8) is 0 Å². The first kappa shape index (κ1) is 20.1. The summed E-state index contributed by atoms with van der Waals surface area (Å²) in [4.78, 5) is 17.8. The normalized spacial score (nSPS) is 15.5. The fraction of sp³-hybridized carbons (Fsp3) is 0.476. The van der Waals surface area contributed by atoms with Crippen molar-refractivity contribution in [2.45, 2.75) is 19.9 Å². The number of benzene rings is 1. The molecule has 0 aliphatic carbocycles. The predicted molar refractivity (Wildman–Crippen MR) is 115 cm³/mol. The lowest BCUT2D eigenvalue weighted by Crippen LogP contribution is -2.47. The third kappa shape index (κ3) is 5.92. The molecule has 0 unspecified atom stereocenters. The molecule has 1 aromatic heterocycles. The average molecular weight is 382 g/mol. The maximum Gasteiger partial charge on any atom is 0.225 e. The Labute approximate surface area is 167 Å². The van der Waals surface area contributed by atoms with E-state index in [0.717, 1.165) is 64.1 Å². The van der Waals surface area contributed by atoms with Crippen molar-refractivity contribution in [2.75, 3.05) is 51.2 Å². The molecule has 0 bridgehead atoms. The van der Waals surface area contributed by atoms with E-state index in [-0.39, 0.29) is 0 Å². The van der Waals surface area contributed by atoms with Gasteiger partial charge in [-0.25, -0.2) is 9.97 Å². The van der Waals surface area contributed by atoms with E-state index in [1.165, 1.54) is 11.1 Å². The Morgan fingerprint density at radius 1 is 1.04 bits per heavy atom. The molecule has 1 aliphatic heterocycles. The number of nitrogens with one attached hydrogen (secondary N) is 2. The van der Waals surface area contributed by atoms with Crippen LogP contribution in [0.1, 0.15) is 17.5 Å². The highest BCUT2D eigenvalue weighted by Gasteiger charge is 2.18. The van der Waals surface area contributed by atoms with E-state index in [9.17, 15) is 0 Å². The summed E-state index contributed by atoms with van der Waals surface area (Å²) in [5.41, 5.74) is 2.59. The summed E-state index contributed by atoms with van der Waals surface area (Å²) in [6.45, 7) is 9.00. The van der Waals surface area contributed by atoms with Gasteiger partial charge in [0.05, 0.1) is 0 Å². The van der Waals surface area contributed by atoms with Crippen LogP contribution in [0.3, 0.4) is 0 Å². The molecule has 7 nitrogen and oxygen atoms in total. The van der Waals surface area contributed by atoms with Gasteiger partial charge < -0.3 is 15.5 Å². The SMILES string of the molecule is CN=C(NCCCN1CCN(c2ncccn2)CC1)NCc1ccccc1C. The highest BCUT2D eigenvalue weighted by molar-refractivity contribution is 5.79. The zero-order chi connectivity index (χ0) is 19.6. The summed E-state index contributed by atoms with van der Waals surface area (Å²) < 4.78 is 0. The van der Waals surface area contributed by atoms with Gasteiger partial charge in [-0.15, -0.1) is 0 Å². The van der Waals surface area contributed by atoms with Gasteiger partial charge in [-0.1, -0.05) is 24.3 Å². The fourth-order valence-corrected chi connectivity index (χ4v) is 3.34. The number of aromatic nitrogens is 2. The summed E-state index contributed by atoms with van der Waals surface area (Å²) in [7, 11) is 1.82. The number of aliphatic imine (C=N–C) groups is 1. The van der Waals surface area contributed by atoms with E-state index in [1.807, 2.05) is 13.1 Å². The minimum absolute atomic E-state index is 0.788. The zero-order valence-corrected chi connectivity index (χ0v) is 16.9. The van der Waals surface area contributed by atoms with Crippen LogP contribution in [0, 0.1) is 6.92 Å². The van der Waals surface area contributed by atoms with Crippen molar-refractivity contribution in [2.24, 2.45) is 4.99 Å². The first-order valence-electron chi connectivity index (χ1n) is 9.99. The molecule has 1 aliphatic rings. The Balaban J connectivity index is 1.31. The number of nitrogens with zero attached hydrogens (tertiary/aromatic N) is 5. The molecule has 1 fully saturated rings.